The van der Waals surface area contributed by atoms with Crippen LogP contribution in [0.1, 0.15) is 11.1 Å². The molecule has 0 heterocycles. The number of ether oxygens (including phenoxy) is 1. The number of carbonyl (C=O) groups is 1. The van der Waals surface area contributed by atoms with Crippen molar-refractivity contribution in [1.29, 1.82) is 0 Å². The lowest BCUT2D eigenvalue weighted by Crippen LogP contribution is -1.94. The molecule has 3 heteroatoms. The molecule has 2 aromatic carbocycles. The summed E-state index contributed by atoms with van der Waals surface area (Å²) in [5.74, 6) is 0.674. The van der Waals surface area contributed by atoms with E-state index in [-0.39, 0.29) is 5.75 Å². The molecule has 0 unspecified atom stereocenters. The second-order valence-electron chi connectivity index (χ2n) is 3.99. The Kier molecular flexibility index (Phi) is 4.34. The largest absolute Gasteiger partial charge is 0.507 e. The summed E-state index contributed by atoms with van der Waals surface area (Å²) in [4.78, 5) is 10.2. The van der Waals surface area contributed by atoms with Crippen molar-refractivity contribution in [3.05, 3.63) is 65.7 Å². The molecule has 3 nitrogen and oxygen atoms in total. The molecule has 0 fully saturated rings. The van der Waals surface area contributed by atoms with Gasteiger partial charge in [-0.3, -0.25) is 4.79 Å². The van der Waals surface area contributed by atoms with Gasteiger partial charge in [-0.2, -0.15) is 0 Å². The zero-order chi connectivity index (χ0) is 13.5. The smallest absolute Gasteiger partial charge is 0.142 e. The monoisotopic (exact) mass is 254 g/mol. The fraction of sp³-hybridized carbons (Fsp3) is 0.0625. The summed E-state index contributed by atoms with van der Waals surface area (Å²) in [5, 5.41) is 9.77. The molecule has 0 atom stereocenters. The lowest BCUT2D eigenvalue weighted by atomic mass is 10.2. The van der Waals surface area contributed by atoms with E-state index in [1.807, 2.05) is 30.3 Å². The van der Waals surface area contributed by atoms with Gasteiger partial charge in [0.2, 0.25) is 0 Å². The second kappa shape index (κ2) is 6.40. The molecule has 0 aromatic heterocycles. The van der Waals surface area contributed by atoms with Gasteiger partial charge in [0.15, 0.2) is 0 Å². The summed E-state index contributed by atoms with van der Waals surface area (Å²) in [6.07, 6.45) is 3.54. The van der Waals surface area contributed by atoms with Crippen molar-refractivity contribution in [2.45, 2.75) is 6.61 Å². The topological polar surface area (TPSA) is 46.5 Å². The van der Waals surface area contributed by atoms with Crippen LogP contribution in [0.3, 0.4) is 0 Å². The molecule has 1 N–H and O–H groups in total. The number of benzene rings is 2. The van der Waals surface area contributed by atoms with Gasteiger partial charge >= 0.3 is 0 Å². The molecule has 19 heavy (non-hydrogen) atoms. The standard InChI is InChI=1S/C16H14O3/c17-10-4-7-14-8-9-15(11-16(14)18)19-12-13-5-2-1-3-6-13/h1-11,18H,12H2. The number of aromatic hydroxyl groups is 1. The molecule has 2 aromatic rings. The van der Waals surface area contributed by atoms with Gasteiger partial charge in [-0.25, -0.2) is 0 Å². The molecule has 0 aliphatic rings. The second-order valence-corrected chi connectivity index (χ2v) is 3.99. The molecule has 0 amide bonds. The predicted molar refractivity (Wildman–Crippen MR) is 74.0 cm³/mol. The van der Waals surface area contributed by atoms with Gasteiger partial charge in [-0.15, -0.1) is 0 Å². The maximum Gasteiger partial charge on any atom is 0.142 e. The van der Waals surface area contributed by atoms with Crippen LogP contribution in [0.5, 0.6) is 11.5 Å². The van der Waals surface area contributed by atoms with E-state index in [9.17, 15) is 9.90 Å². The highest BCUT2D eigenvalue weighted by atomic mass is 16.5. The van der Waals surface area contributed by atoms with Gasteiger partial charge in [-0.05, 0) is 29.8 Å². The van der Waals surface area contributed by atoms with Crippen molar-refractivity contribution >= 4 is 12.4 Å². The minimum Gasteiger partial charge on any atom is -0.507 e. The van der Waals surface area contributed by atoms with Crippen LogP contribution in [0.4, 0.5) is 0 Å². The predicted octanol–water partition coefficient (Wildman–Crippen LogP) is 3.18. The van der Waals surface area contributed by atoms with Gasteiger partial charge < -0.3 is 9.84 Å². The summed E-state index contributed by atoms with van der Waals surface area (Å²) in [6, 6.07) is 14.8. The minimum absolute atomic E-state index is 0.0867. The lowest BCUT2D eigenvalue weighted by molar-refractivity contribution is -0.104. The Labute approximate surface area is 111 Å². The van der Waals surface area contributed by atoms with Gasteiger partial charge in [0.25, 0.3) is 0 Å². The van der Waals surface area contributed by atoms with Crippen LogP contribution in [0.25, 0.3) is 6.08 Å². The first-order valence-electron chi connectivity index (χ1n) is 5.91. The number of phenols is 1. The molecular weight excluding hydrogens is 240 g/mol. The van der Waals surface area contributed by atoms with Crippen molar-refractivity contribution in [2.24, 2.45) is 0 Å². The third-order valence-corrected chi connectivity index (χ3v) is 2.60. The number of phenolic OH excluding ortho intramolecular Hbond substituents is 1. The van der Waals surface area contributed by atoms with Crippen molar-refractivity contribution in [3.8, 4) is 11.5 Å². The van der Waals surface area contributed by atoms with Crippen LogP contribution in [0.15, 0.2) is 54.6 Å². The number of hydrogen-bond acceptors (Lipinski definition) is 3. The Morgan fingerprint density at radius 1 is 1.11 bits per heavy atom. The fourth-order valence-corrected chi connectivity index (χ4v) is 1.64. The molecule has 0 aliphatic carbocycles. The maximum atomic E-state index is 10.2. The molecular formula is C16H14O3. The van der Waals surface area contributed by atoms with Crippen molar-refractivity contribution in [3.63, 3.8) is 0 Å². The van der Waals surface area contributed by atoms with Gasteiger partial charge in [0.05, 0.1) is 0 Å². The molecule has 0 saturated carbocycles. The summed E-state index contributed by atoms with van der Waals surface area (Å²) in [7, 11) is 0. The van der Waals surface area contributed by atoms with Crippen LogP contribution in [-0.2, 0) is 11.4 Å². The quantitative estimate of drug-likeness (QED) is 0.658. The first kappa shape index (κ1) is 12.9. The zero-order valence-corrected chi connectivity index (χ0v) is 10.3. The van der Waals surface area contributed by atoms with Crippen LogP contribution >= 0.6 is 0 Å². The molecule has 2 rings (SSSR count). The third kappa shape index (κ3) is 3.71. The van der Waals surface area contributed by atoms with Crippen LogP contribution < -0.4 is 4.74 Å². The zero-order valence-electron chi connectivity index (χ0n) is 10.3. The van der Waals surface area contributed by atoms with Crippen LogP contribution in [0.2, 0.25) is 0 Å². The van der Waals surface area contributed by atoms with E-state index < -0.39 is 0 Å². The van der Waals surface area contributed by atoms with E-state index in [1.165, 1.54) is 12.1 Å². The average Bonchev–Trinajstić information content (AvgIpc) is 2.45. The van der Waals surface area contributed by atoms with Crippen molar-refractivity contribution in [1.82, 2.24) is 0 Å². The van der Waals surface area contributed by atoms with E-state index in [0.717, 1.165) is 5.56 Å². The highest BCUT2D eigenvalue weighted by molar-refractivity contribution is 5.75. The SMILES string of the molecule is O=CC=Cc1ccc(OCc2ccccc2)cc1O. The van der Waals surface area contributed by atoms with E-state index in [0.29, 0.717) is 24.2 Å². The number of allylic oxidation sites excluding steroid dienone is 1. The lowest BCUT2D eigenvalue weighted by Gasteiger charge is -2.07. The number of aldehydes is 1. The Morgan fingerprint density at radius 3 is 2.58 bits per heavy atom. The Balaban J connectivity index is 2.04. The van der Waals surface area contributed by atoms with E-state index in [4.69, 9.17) is 4.74 Å². The summed E-state index contributed by atoms with van der Waals surface area (Å²) in [5.41, 5.74) is 1.64. The summed E-state index contributed by atoms with van der Waals surface area (Å²) >= 11 is 0. The normalized spacial score (nSPS) is 10.5. The number of rotatable bonds is 5. The van der Waals surface area contributed by atoms with Crippen LogP contribution in [0, 0.1) is 0 Å². The highest BCUT2D eigenvalue weighted by Gasteiger charge is 2.01. The molecule has 0 saturated heterocycles. The van der Waals surface area contributed by atoms with Gasteiger partial charge in [0, 0.05) is 11.6 Å². The molecule has 96 valence electrons. The number of hydrogen-bond donors (Lipinski definition) is 1. The fourth-order valence-electron chi connectivity index (χ4n) is 1.64. The summed E-state index contributed by atoms with van der Waals surface area (Å²) < 4.78 is 5.58. The first-order valence-corrected chi connectivity index (χ1v) is 5.91. The summed E-state index contributed by atoms with van der Waals surface area (Å²) in [6.45, 7) is 0.448. The highest BCUT2D eigenvalue weighted by Crippen LogP contribution is 2.25. The Bertz CT molecular complexity index is 574. The van der Waals surface area contributed by atoms with Gasteiger partial charge in [0.1, 0.15) is 24.4 Å². The molecule has 0 spiro atoms. The van der Waals surface area contributed by atoms with Gasteiger partial charge in [-0.1, -0.05) is 30.3 Å². The Morgan fingerprint density at radius 2 is 1.89 bits per heavy atom. The third-order valence-electron chi connectivity index (χ3n) is 2.60. The average molecular weight is 254 g/mol. The Hall–Kier alpha value is -2.55. The molecule has 0 aliphatic heterocycles. The minimum atomic E-state index is 0.0867. The molecule has 0 radical (unpaired) electrons. The molecule has 0 bridgehead atoms. The van der Waals surface area contributed by atoms with Crippen molar-refractivity contribution < 1.29 is 14.6 Å². The van der Waals surface area contributed by atoms with E-state index >= 15 is 0 Å². The van der Waals surface area contributed by atoms with E-state index in [1.54, 1.807) is 18.2 Å². The first-order chi connectivity index (χ1) is 9.29. The van der Waals surface area contributed by atoms with Crippen molar-refractivity contribution in [2.75, 3.05) is 0 Å². The van der Waals surface area contributed by atoms with Crippen LogP contribution in [-0.4, -0.2) is 11.4 Å². The van der Waals surface area contributed by atoms with E-state index in [2.05, 4.69) is 0 Å². The number of carbonyl (C=O) groups excluding carboxylic acids is 1. The maximum absolute atomic E-state index is 10.2.